The first-order valence-corrected chi connectivity index (χ1v) is 3.60. The molecule has 0 aliphatic heterocycles. The predicted molar refractivity (Wildman–Crippen MR) is 44.1 cm³/mol. The Hall–Kier alpha value is -1.59. The van der Waals surface area contributed by atoms with Crippen LogP contribution in [-0.4, -0.2) is 34.2 Å². The van der Waals surface area contributed by atoms with E-state index < -0.39 is 18.1 Å². The number of nitroso groups, excluding NO2 is 1. The molecule has 2 unspecified atom stereocenters. The molecule has 3 N–H and O–H groups in total. The molecular weight excluding hydrogens is 176 g/mol. The number of nitrogens with zero attached hydrogens (tertiary/aromatic N) is 3. The number of hydrogen-bond acceptors (Lipinski definition) is 4. The molecule has 0 fully saturated rings. The minimum Gasteiger partial charge on any atom is -0.480 e. The Balaban J connectivity index is 3.91. The van der Waals surface area contributed by atoms with Crippen LogP contribution >= 0.6 is 0 Å². The van der Waals surface area contributed by atoms with Crippen molar-refractivity contribution in [3.8, 4) is 0 Å². The van der Waals surface area contributed by atoms with Gasteiger partial charge in [-0.3, -0.25) is 4.79 Å². The number of hydrogen-bond donors (Lipinski definition) is 2. The van der Waals surface area contributed by atoms with Crippen LogP contribution < -0.4 is 5.73 Å². The summed E-state index contributed by atoms with van der Waals surface area (Å²) in [5, 5.41) is 11.0. The molecule has 13 heavy (non-hydrogen) atoms. The summed E-state index contributed by atoms with van der Waals surface area (Å²) in [6.45, 7) is 0. The molecule has 72 valence electrons. The maximum atomic E-state index is 10.2. The molecular formula is C6H10N4O3. The highest BCUT2D eigenvalue weighted by Gasteiger charge is 2.16. The van der Waals surface area contributed by atoms with E-state index in [9.17, 15) is 9.70 Å². The zero-order chi connectivity index (χ0) is 10.3. The van der Waals surface area contributed by atoms with Crippen LogP contribution in [-0.2, 0) is 4.79 Å². The predicted octanol–water partition coefficient (Wildman–Crippen LogP) is -0.386. The molecule has 0 aliphatic carbocycles. The third-order valence-corrected chi connectivity index (χ3v) is 1.46. The Morgan fingerprint density at radius 2 is 2.31 bits per heavy atom. The fourth-order valence-electron chi connectivity index (χ4n) is 0.705. The molecule has 0 bridgehead atoms. The maximum absolute atomic E-state index is 10.2. The van der Waals surface area contributed by atoms with E-state index in [-0.39, 0.29) is 12.8 Å². The van der Waals surface area contributed by atoms with Crippen LogP contribution in [0.25, 0.3) is 5.53 Å². The number of carboxylic acid groups (broad SMARTS) is 1. The molecule has 0 aromatic carbocycles. The summed E-state index contributed by atoms with van der Waals surface area (Å²) in [6.07, 6.45) is 1.19. The average Bonchev–Trinajstić information content (AvgIpc) is 2.11. The van der Waals surface area contributed by atoms with Gasteiger partial charge in [0, 0.05) is 0 Å². The Kier molecular flexibility index (Phi) is 5.25. The first-order valence-electron chi connectivity index (χ1n) is 3.60. The summed E-state index contributed by atoms with van der Waals surface area (Å²) in [6, 6.07) is -1.84. The fourth-order valence-corrected chi connectivity index (χ4v) is 0.705. The average molecular weight is 186 g/mol. The van der Waals surface area contributed by atoms with Gasteiger partial charge in [0.1, 0.15) is 6.04 Å². The third-order valence-electron chi connectivity index (χ3n) is 1.46. The molecule has 0 heterocycles. The third kappa shape index (κ3) is 4.78. The Bertz CT molecular complexity index is 236. The van der Waals surface area contributed by atoms with Gasteiger partial charge < -0.3 is 16.4 Å². The van der Waals surface area contributed by atoms with E-state index in [0.717, 1.165) is 6.21 Å². The number of carboxylic acids is 1. The van der Waals surface area contributed by atoms with E-state index in [1.165, 1.54) is 0 Å². The SMILES string of the molecule is [N-]=[N+]=CC(CCC(N)C(=O)O)N=O. The van der Waals surface area contributed by atoms with Crippen molar-refractivity contribution in [2.45, 2.75) is 24.9 Å². The molecule has 0 aromatic heterocycles. The van der Waals surface area contributed by atoms with Gasteiger partial charge in [-0.15, -0.1) is 4.91 Å². The molecule has 0 amide bonds. The molecule has 0 radical (unpaired) electrons. The summed E-state index contributed by atoms with van der Waals surface area (Å²) in [5.41, 5.74) is 13.2. The van der Waals surface area contributed by atoms with E-state index in [2.05, 4.69) is 9.97 Å². The van der Waals surface area contributed by atoms with Crippen molar-refractivity contribution in [3.05, 3.63) is 10.4 Å². The van der Waals surface area contributed by atoms with Crippen molar-refractivity contribution in [2.75, 3.05) is 0 Å². The molecule has 0 aliphatic rings. The highest BCUT2D eigenvalue weighted by atomic mass is 16.4. The van der Waals surface area contributed by atoms with Crippen molar-refractivity contribution in [1.82, 2.24) is 0 Å². The van der Waals surface area contributed by atoms with Crippen LogP contribution in [0, 0.1) is 4.91 Å². The standard InChI is InChI=1S/C6H10N4O3/c7-5(6(11)12)2-1-4(10-13)3-9-8/h3-5H,1-2,7H2,(H,11,12). The van der Waals surface area contributed by atoms with Gasteiger partial charge in [0.15, 0.2) is 6.04 Å². The molecule has 0 saturated heterocycles. The van der Waals surface area contributed by atoms with Gasteiger partial charge >= 0.3 is 5.97 Å². The molecule has 0 spiro atoms. The van der Waals surface area contributed by atoms with E-state index in [4.69, 9.17) is 16.4 Å². The number of nitrogens with two attached hydrogens (primary N) is 1. The summed E-state index contributed by atoms with van der Waals surface area (Å²) < 4.78 is 0. The van der Waals surface area contributed by atoms with Crippen molar-refractivity contribution in [3.63, 3.8) is 0 Å². The normalized spacial score (nSPS) is 13.9. The zero-order valence-corrected chi connectivity index (χ0v) is 6.83. The lowest BCUT2D eigenvalue weighted by molar-refractivity contribution is -0.138. The Morgan fingerprint density at radius 3 is 2.69 bits per heavy atom. The van der Waals surface area contributed by atoms with E-state index >= 15 is 0 Å². The van der Waals surface area contributed by atoms with Gasteiger partial charge in [0.05, 0.1) is 0 Å². The minimum absolute atomic E-state index is 0.109. The van der Waals surface area contributed by atoms with Gasteiger partial charge in [-0.05, 0) is 12.8 Å². The largest absolute Gasteiger partial charge is 0.480 e. The first kappa shape index (κ1) is 11.4. The highest BCUT2D eigenvalue weighted by molar-refractivity contribution is 5.73. The molecule has 7 heteroatoms. The summed E-state index contributed by atoms with van der Waals surface area (Å²) >= 11 is 0. The highest BCUT2D eigenvalue weighted by Crippen LogP contribution is 2.01. The smallest absolute Gasteiger partial charge is 0.320 e. The van der Waals surface area contributed by atoms with Crippen molar-refractivity contribution in [2.24, 2.45) is 10.9 Å². The van der Waals surface area contributed by atoms with Crippen LogP contribution in [0.5, 0.6) is 0 Å². The quantitative estimate of drug-likeness (QED) is 0.253. The molecule has 2 atom stereocenters. The van der Waals surface area contributed by atoms with Gasteiger partial charge in [0.25, 0.3) is 6.21 Å². The summed E-state index contributed by atoms with van der Waals surface area (Å²) in [4.78, 5) is 22.9. The second-order valence-corrected chi connectivity index (χ2v) is 2.46. The van der Waals surface area contributed by atoms with Crippen molar-refractivity contribution < 1.29 is 14.7 Å². The topological polar surface area (TPSA) is 129 Å². The van der Waals surface area contributed by atoms with Crippen LogP contribution in [0.2, 0.25) is 0 Å². The molecule has 0 rings (SSSR count). The zero-order valence-electron chi connectivity index (χ0n) is 6.83. The maximum Gasteiger partial charge on any atom is 0.320 e. The van der Waals surface area contributed by atoms with Gasteiger partial charge in [0.2, 0.25) is 0 Å². The monoisotopic (exact) mass is 186 g/mol. The lowest BCUT2D eigenvalue weighted by Gasteiger charge is -2.04. The van der Waals surface area contributed by atoms with Crippen molar-refractivity contribution in [1.29, 1.82) is 0 Å². The number of aliphatic carboxylic acids is 1. The van der Waals surface area contributed by atoms with Crippen LogP contribution in [0.1, 0.15) is 12.8 Å². The molecule has 0 saturated carbocycles. The minimum atomic E-state index is -1.13. The molecule has 0 aromatic rings. The van der Waals surface area contributed by atoms with Crippen LogP contribution in [0.4, 0.5) is 0 Å². The molecule has 7 nitrogen and oxygen atoms in total. The van der Waals surface area contributed by atoms with Crippen molar-refractivity contribution >= 4 is 12.2 Å². The number of carbonyl (C=O) groups is 1. The second kappa shape index (κ2) is 5.99. The number of rotatable bonds is 6. The van der Waals surface area contributed by atoms with Gasteiger partial charge in [-0.1, -0.05) is 5.18 Å². The Labute approximate surface area is 74.1 Å². The van der Waals surface area contributed by atoms with Gasteiger partial charge in [-0.2, -0.15) is 4.79 Å². The lowest BCUT2D eigenvalue weighted by atomic mass is 10.1. The second-order valence-electron chi connectivity index (χ2n) is 2.46. The fraction of sp³-hybridized carbons (Fsp3) is 0.667. The van der Waals surface area contributed by atoms with Gasteiger partial charge in [-0.25, -0.2) is 0 Å². The van der Waals surface area contributed by atoms with Crippen LogP contribution in [0.15, 0.2) is 5.18 Å². The van der Waals surface area contributed by atoms with E-state index in [0.29, 0.717) is 0 Å². The lowest BCUT2D eigenvalue weighted by Crippen LogP contribution is -2.31. The first-order chi connectivity index (χ1) is 6.11. The summed E-state index contributed by atoms with van der Waals surface area (Å²) in [5.74, 6) is -1.13. The van der Waals surface area contributed by atoms with E-state index in [1.807, 2.05) is 0 Å². The summed E-state index contributed by atoms with van der Waals surface area (Å²) in [7, 11) is 0. The van der Waals surface area contributed by atoms with Crippen LogP contribution in [0.3, 0.4) is 0 Å². The Morgan fingerprint density at radius 1 is 1.69 bits per heavy atom. The van der Waals surface area contributed by atoms with E-state index in [1.54, 1.807) is 0 Å².